The number of carbonyl (C=O) groups is 1. The highest BCUT2D eigenvalue weighted by Crippen LogP contribution is 2.26. The molecule has 1 aliphatic rings. The van der Waals surface area contributed by atoms with E-state index in [9.17, 15) is 4.79 Å². The van der Waals surface area contributed by atoms with Crippen LogP contribution in [0.5, 0.6) is 0 Å². The van der Waals surface area contributed by atoms with Crippen molar-refractivity contribution >= 4 is 40.4 Å². The molecule has 0 saturated carbocycles. The van der Waals surface area contributed by atoms with Gasteiger partial charge in [-0.25, -0.2) is 9.98 Å². The summed E-state index contributed by atoms with van der Waals surface area (Å²) < 4.78 is 0. The number of allylic oxidation sites excluding steroid dienone is 2. The van der Waals surface area contributed by atoms with Crippen LogP contribution in [0.25, 0.3) is 0 Å². The Bertz CT molecular complexity index is 1300. The lowest BCUT2D eigenvalue weighted by molar-refractivity contribution is 0.102. The second kappa shape index (κ2) is 12.2. The predicted octanol–water partition coefficient (Wildman–Crippen LogP) is 6.52. The van der Waals surface area contributed by atoms with Crippen LogP contribution in [0.4, 0.5) is 17.2 Å². The largest absolute Gasteiger partial charge is 0.354 e. The van der Waals surface area contributed by atoms with Gasteiger partial charge in [0.15, 0.2) is 0 Å². The zero-order chi connectivity index (χ0) is 26.4. The first kappa shape index (κ1) is 26.6. The van der Waals surface area contributed by atoms with E-state index < -0.39 is 0 Å². The predicted molar refractivity (Wildman–Crippen MR) is 155 cm³/mol. The summed E-state index contributed by atoms with van der Waals surface area (Å²) in [5, 5.41) is 3.55. The Kier molecular flexibility index (Phi) is 8.74. The van der Waals surface area contributed by atoms with Gasteiger partial charge in [-0.1, -0.05) is 42.3 Å². The zero-order valence-corrected chi connectivity index (χ0v) is 22.7. The van der Waals surface area contributed by atoms with E-state index in [1.807, 2.05) is 69.3 Å². The lowest BCUT2D eigenvalue weighted by atomic mass is 10.1. The number of nitrogens with zero attached hydrogens (tertiary/aromatic N) is 4. The fourth-order valence-electron chi connectivity index (χ4n) is 4.27. The SMILES string of the molecule is CCN1CCN(c2ccc(C(=O)Nc3ccc(Cl)c(C(C=C(C)C)=Nc4ccccc4C)c3)cn2)CC1. The van der Waals surface area contributed by atoms with Crippen molar-refractivity contribution in [1.82, 2.24) is 9.88 Å². The van der Waals surface area contributed by atoms with Gasteiger partial charge in [0.1, 0.15) is 5.82 Å². The number of anilines is 2. The van der Waals surface area contributed by atoms with E-state index >= 15 is 0 Å². The lowest BCUT2D eigenvalue weighted by Gasteiger charge is -2.34. The summed E-state index contributed by atoms with van der Waals surface area (Å²) in [4.78, 5) is 27.2. The molecule has 2 aromatic carbocycles. The molecular formula is C30H34ClN5O. The number of hydrogen-bond donors (Lipinski definition) is 1. The summed E-state index contributed by atoms with van der Waals surface area (Å²) in [6.45, 7) is 13.3. The van der Waals surface area contributed by atoms with E-state index in [1.54, 1.807) is 18.3 Å². The average molecular weight is 516 g/mol. The molecule has 4 rings (SSSR count). The first-order valence-corrected chi connectivity index (χ1v) is 13.1. The third-order valence-corrected chi connectivity index (χ3v) is 6.77. The van der Waals surface area contributed by atoms with Gasteiger partial charge in [-0.15, -0.1) is 0 Å². The summed E-state index contributed by atoms with van der Waals surface area (Å²) >= 11 is 6.60. The van der Waals surface area contributed by atoms with Crippen molar-refractivity contribution in [1.29, 1.82) is 0 Å². The topological polar surface area (TPSA) is 60.8 Å². The Hall–Kier alpha value is -3.48. The highest BCUT2D eigenvalue weighted by molar-refractivity contribution is 6.35. The van der Waals surface area contributed by atoms with E-state index in [0.717, 1.165) is 66.6 Å². The number of pyridine rings is 1. The van der Waals surface area contributed by atoms with Crippen molar-refractivity contribution in [2.24, 2.45) is 4.99 Å². The van der Waals surface area contributed by atoms with Gasteiger partial charge in [-0.2, -0.15) is 0 Å². The Morgan fingerprint density at radius 2 is 1.84 bits per heavy atom. The smallest absolute Gasteiger partial charge is 0.257 e. The minimum atomic E-state index is -0.220. The van der Waals surface area contributed by atoms with Crippen molar-refractivity contribution in [2.45, 2.75) is 27.7 Å². The molecule has 0 spiro atoms. The number of aliphatic imine (C=N–C) groups is 1. The Balaban J connectivity index is 1.53. The monoisotopic (exact) mass is 515 g/mol. The lowest BCUT2D eigenvalue weighted by Crippen LogP contribution is -2.46. The first-order valence-electron chi connectivity index (χ1n) is 12.7. The molecule has 3 aromatic rings. The number of benzene rings is 2. The molecule has 0 bridgehead atoms. The van der Waals surface area contributed by atoms with E-state index in [0.29, 0.717) is 16.3 Å². The number of halogens is 1. The maximum absolute atomic E-state index is 13.0. The van der Waals surface area contributed by atoms with Crippen LogP contribution < -0.4 is 10.2 Å². The number of amides is 1. The van der Waals surface area contributed by atoms with Crippen LogP contribution in [0.15, 0.2) is 77.4 Å². The molecule has 1 N–H and O–H groups in total. The van der Waals surface area contributed by atoms with Crippen molar-refractivity contribution in [3.8, 4) is 0 Å². The number of nitrogens with one attached hydrogen (secondary N) is 1. The maximum atomic E-state index is 13.0. The minimum absolute atomic E-state index is 0.220. The number of aromatic nitrogens is 1. The quantitative estimate of drug-likeness (QED) is 0.364. The number of likely N-dealkylation sites (N-methyl/N-ethyl adjacent to an activating group) is 1. The minimum Gasteiger partial charge on any atom is -0.354 e. The molecule has 37 heavy (non-hydrogen) atoms. The normalized spacial score (nSPS) is 14.4. The van der Waals surface area contributed by atoms with Gasteiger partial charge in [-0.3, -0.25) is 4.79 Å². The summed E-state index contributed by atoms with van der Waals surface area (Å²) in [6, 6.07) is 17.2. The van der Waals surface area contributed by atoms with Crippen molar-refractivity contribution in [3.05, 3.63) is 94.2 Å². The number of rotatable bonds is 7. The Morgan fingerprint density at radius 3 is 2.49 bits per heavy atom. The molecule has 1 fully saturated rings. The number of para-hydroxylation sites is 1. The first-order chi connectivity index (χ1) is 17.8. The molecule has 1 aromatic heterocycles. The zero-order valence-electron chi connectivity index (χ0n) is 22.0. The van der Waals surface area contributed by atoms with Crippen LogP contribution in [-0.4, -0.2) is 54.2 Å². The van der Waals surface area contributed by atoms with Gasteiger partial charge in [-0.05, 0) is 75.4 Å². The molecule has 0 radical (unpaired) electrons. The Labute approximate surface area is 224 Å². The number of hydrogen-bond acceptors (Lipinski definition) is 5. The van der Waals surface area contributed by atoms with Gasteiger partial charge < -0.3 is 15.1 Å². The van der Waals surface area contributed by atoms with Gasteiger partial charge in [0.25, 0.3) is 5.91 Å². The third kappa shape index (κ3) is 6.85. The third-order valence-electron chi connectivity index (χ3n) is 6.44. The van der Waals surface area contributed by atoms with Crippen LogP contribution in [0.2, 0.25) is 5.02 Å². The highest BCUT2D eigenvalue weighted by Gasteiger charge is 2.17. The fourth-order valence-corrected chi connectivity index (χ4v) is 4.48. The summed E-state index contributed by atoms with van der Waals surface area (Å²) in [5.41, 5.74) is 5.69. The molecular weight excluding hydrogens is 482 g/mol. The molecule has 7 heteroatoms. The fraction of sp³-hybridized carbons (Fsp3) is 0.300. The number of piperazine rings is 1. The van der Waals surface area contributed by atoms with E-state index in [4.69, 9.17) is 16.6 Å². The molecule has 192 valence electrons. The molecule has 0 aliphatic carbocycles. The second-order valence-electron chi connectivity index (χ2n) is 9.48. The average Bonchev–Trinajstić information content (AvgIpc) is 2.90. The molecule has 6 nitrogen and oxygen atoms in total. The van der Waals surface area contributed by atoms with Gasteiger partial charge in [0.05, 0.1) is 22.0 Å². The second-order valence-corrected chi connectivity index (χ2v) is 9.89. The highest BCUT2D eigenvalue weighted by atomic mass is 35.5. The van der Waals surface area contributed by atoms with Crippen LogP contribution in [0.3, 0.4) is 0 Å². The standard InChI is InChI=1S/C30H34ClN5O/c1-5-35-14-16-36(17-15-35)29-13-10-23(20-32-29)30(37)33-24-11-12-26(31)25(19-24)28(18-21(2)3)34-27-9-7-6-8-22(27)4/h6-13,18-20H,5,14-17H2,1-4H3,(H,33,37). The van der Waals surface area contributed by atoms with E-state index in [1.165, 1.54) is 0 Å². The molecule has 0 unspecified atom stereocenters. The molecule has 0 atom stereocenters. The van der Waals surface area contributed by atoms with Crippen molar-refractivity contribution < 1.29 is 4.79 Å². The number of carbonyl (C=O) groups excluding carboxylic acids is 1. The molecule has 1 amide bonds. The van der Waals surface area contributed by atoms with E-state index in [2.05, 4.69) is 27.0 Å². The van der Waals surface area contributed by atoms with Crippen LogP contribution in [0.1, 0.15) is 42.3 Å². The van der Waals surface area contributed by atoms with Gasteiger partial charge in [0.2, 0.25) is 0 Å². The summed E-state index contributed by atoms with van der Waals surface area (Å²) in [7, 11) is 0. The van der Waals surface area contributed by atoms with Gasteiger partial charge >= 0.3 is 0 Å². The molecule has 1 aliphatic heterocycles. The van der Waals surface area contributed by atoms with Crippen molar-refractivity contribution in [3.63, 3.8) is 0 Å². The number of aryl methyl sites for hydroxylation is 1. The van der Waals surface area contributed by atoms with Gasteiger partial charge in [0, 0.05) is 43.6 Å². The van der Waals surface area contributed by atoms with Crippen LogP contribution in [0, 0.1) is 6.92 Å². The maximum Gasteiger partial charge on any atom is 0.257 e. The van der Waals surface area contributed by atoms with Crippen molar-refractivity contribution in [2.75, 3.05) is 42.9 Å². The van der Waals surface area contributed by atoms with Crippen LogP contribution >= 0.6 is 11.6 Å². The Morgan fingerprint density at radius 1 is 1.08 bits per heavy atom. The van der Waals surface area contributed by atoms with Crippen LogP contribution in [-0.2, 0) is 0 Å². The van der Waals surface area contributed by atoms with E-state index in [-0.39, 0.29) is 5.91 Å². The summed E-state index contributed by atoms with van der Waals surface area (Å²) in [6.07, 6.45) is 3.64. The molecule has 2 heterocycles. The molecule has 1 saturated heterocycles. The summed E-state index contributed by atoms with van der Waals surface area (Å²) in [5.74, 6) is 0.683.